The van der Waals surface area contributed by atoms with Gasteiger partial charge in [0.1, 0.15) is 0 Å². The summed E-state index contributed by atoms with van der Waals surface area (Å²) in [6, 6.07) is 6.57. The number of alkyl halides is 3. The van der Waals surface area contributed by atoms with Gasteiger partial charge in [0.25, 0.3) is 11.8 Å². The Morgan fingerprint density at radius 2 is 1.82 bits per heavy atom. The topological polar surface area (TPSA) is 153 Å². The van der Waals surface area contributed by atoms with Gasteiger partial charge >= 0.3 is 6.18 Å². The molecular weight excluding hydrogens is 529 g/mol. The van der Waals surface area contributed by atoms with Crippen LogP contribution < -0.4 is 16.8 Å². The second-order valence-corrected chi connectivity index (χ2v) is 9.86. The van der Waals surface area contributed by atoms with Crippen molar-refractivity contribution in [2.45, 2.75) is 77.4 Å². The predicted molar refractivity (Wildman–Crippen MR) is 139 cm³/mol. The summed E-state index contributed by atoms with van der Waals surface area (Å²) < 4.78 is 46.0. The summed E-state index contributed by atoms with van der Waals surface area (Å²) in [6.07, 6.45) is -1.40. The number of hydrogen-bond donors (Lipinski definition) is 3. The highest BCUT2D eigenvalue weighted by Gasteiger charge is 2.39. The lowest BCUT2D eigenvalue weighted by molar-refractivity contribution is -0.207. The van der Waals surface area contributed by atoms with Crippen LogP contribution in [0.5, 0.6) is 0 Å². The van der Waals surface area contributed by atoms with E-state index in [1.807, 2.05) is 20.8 Å². The number of hydrogen-bond acceptors (Lipinski definition) is 6. The van der Waals surface area contributed by atoms with E-state index in [-0.39, 0.29) is 47.3 Å². The first-order valence-corrected chi connectivity index (χ1v) is 13.0. The molecule has 4 rings (SSSR count). The van der Waals surface area contributed by atoms with Gasteiger partial charge in [0.15, 0.2) is 11.9 Å². The van der Waals surface area contributed by atoms with Crippen molar-refractivity contribution in [3.05, 3.63) is 48.2 Å². The van der Waals surface area contributed by atoms with Crippen LogP contribution in [0, 0.1) is 5.92 Å². The first kappa shape index (κ1) is 30.8. The Balaban J connectivity index is 0.00000441. The molecule has 215 valence electrons. The summed E-state index contributed by atoms with van der Waals surface area (Å²) in [5, 5.41) is 15.4. The van der Waals surface area contributed by atoms with Crippen molar-refractivity contribution in [2.24, 2.45) is 5.92 Å². The number of carbonyl (C=O) groups is 2. The Kier molecular flexibility index (Phi) is 9.74. The number of oxazole rings is 1. The van der Waals surface area contributed by atoms with Gasteiger partial charge in [-0.2, -0.15) is 13.2 Å². The quantitative estimate of drug-likeness (QED) is 0.321. The summed E-state index contributed by atoms with van der Waals surface area (Å²) in [5.74, 6) is -0.672. The Morgan fingerprint density at radius 3 is 2.45 bits per heavy atom. The molecule has 1 fully saturated rings. The molecule has 0 bridgehead atoms. The van der Waals surface area contributed by atoms with Crippen LogP contribution in [0.25, 0.3) is 22.7 Å². The smallest absolute Gasteiger partial charge is 0.416 e. The highest BCUT2D eigenvalue weighted by Crippen LogP contribution is 2.33. The molecule has 10 nitrogen and oxygen atoms in total. The lowest BCUT2D eigenvalue weighted by Crippen LogP contribution is -2.38. The number of rotatable bonds is 11. The van der Waals surface area contributed by atoms with Crippen LogP contribution in [0.2, 0.25) is 0 Å². The third-order valence-corrected chi connectivity index (χ3v) is 6.87. The molecule has 13 heteroatoms. The number of aliphatic hydroxyl groups is 1. The summed E-state index contributed by atoms with van der Waals surface area (Å²) in [6.45, 7) is 4.90. The minimum atomic E-state index is -4.86. The van der Waals surface area contributed by atoms with Crippen LogP contribution >= 0.6 is 0 Å². The van der Waals surface area contributed by atoms with E-state index in [9.17, 15) is 27.9 Å². The maximum atomic E-state index is 13.1. The lowest BCUT2D eigenvalue weighted by atomic mass is 10.1. The SMILES string of the molecule is CCC(CC)NC(=O)c1cnc(-c2cccc(-c3cn(CC(O)C(F)(F)F)c(C(=O)N[C@@H](C)C4CC4)n3)c2)o1.[N]. The third kappa shape index (κ3) is 7.27. The first-order chi connectivity index (χ1) is 18.5. The molecule has 3 aromatic rings. The van der Waals surface area contributed by atoms with Gasteiger partial charge in [0, 0.05) is 35.6 Å². The monoisotopic (exact) mass is 561 g/mol. The molecular formula is C27H32F3N6O4. The second kappa shape index (κ2) is 12.6. The Bertz CT molecular complexity index is 1310. The van der Waals surface area contributed by atoms with Gasteiger partial charge in [-0.3, -0.25) is 9.59 Å². The molecule has 1 aliphatic carbocycles. The molecule has 0 aliphatic heterocycles. The van der Waals surface area contributed by atoms with Gasteiger partial charge in [0.2, 0.25) is 11.7 Å². The fourth-order valence-electron chi connectivity index (χ4n) is 4.22. The summed E-state index contributed by atoms with van der Waals surface area (Å²) >= 11 is 0. The van der Waals surface area contributed by atoms with Crippen LogP contribution in [0.1, 0.15) is 67.6 Å². The zero-order valence-electron chi connectivity index (χ0n) is 22.4. The Morgan fingerprint density at radius 1 is 1.15 bits per heavy atom. The zero-order valence-corrected chi connectivity index (χ0v) is 22.4. The molecule has 40 heavy (non-hydrogen) atoms. The zero-order chi connectivity index (χ0) is 28.3. The number of aromatic nitrogens is 3. The van der Waals surface area contributed by atoms with Crippen molar-refractivity contribution in [2.75, 3.05) is 0 Å². The van der Waals surface area contributed by atoms with E-state index in [1.54, 1.807) is 24.3 Å². The van der Waals surface area contributed by atoms with Crippen molar-refractivity contribution >= 4 is 11.8 Å². The molecule has 0 saturated heterocycles. The molecule has 3 radical (unpaired) electrons. The van der Waals surface area contributed by atoms with E-state index in [4.69, 9.17) is 4.42 Å². The number of amides is 2. The average molecular weight is 562 g/mol. The molecule has 2 aromatic heterocycles. The molecule has 2 amide bonds. The first-order valence-electron chi connectivity index (χ1n) is 13.0. The number of benzene rings is 1. The van der Waals surface area contributed by atoms with Crippen LogP contribution in [0.15, 0.2) is 41.1 Å². The third-order valence-electron chi connectivity index (χ3n) is 6.87. The van der Waals surface area contributed by atoms with Crippen LogP contribution in [0.4, 0.5) is 13.2 Å². The number of imidazole rings is 1. The molecule has 2 heterocycles. The van der Waals surface area contributed by atoms with Crippen LogP contribution in [-0.2, 0) is 6.54 Å². The minimum absolute atomic E-state index is 0. The van der Waals surface area contributed by atoms with E-state index in [2.05, 4.69) is 20.6 Å². The van der Waals surface area contributed by atoms with Crippen LogP contribution in [0.3, 0.4) is 0 Å². The fraction of sp³-hybridized carbons (Fsp3) is 0.481. The predicted octanol–water partition coefficient (Wildman–Crippen LogP) is 4.09. The Hall–Kier alpha value is -3.71. The molecule has 2 atom stereocenters. The molecule has 1 saturated carbocycles. The molecule has 1 aliphatic rings. The maximum absolute atomic E-state index is 13.1. The van der Waals surface area contributed by atoms with Crippen LogP contribution in [-0.4, -0.2) is 55.8 Å². The Labute approximate surface area is 230 Å². The van der Waals surface area contributed by atoms with Gasteiger partial charge in [-0.05, 0) is 50.7 Å². The van der Waals surface area contributed by atoms with E-state index in [0.29, 0.717) is 17.0 Å². The van der Waals surface area contributed by atoms with Gasteiger partial charge < -0.3 is 24.7 Å². The van der Waals surface area contributed by atoms with Crippen molar-refractivity contribution in [3.63, 3.8) is 0 Å². The summed E-state index contributed by atoms with van der Waals surface area (Å²) in [5.41, 5.74) is 1.22. The number of carbonyl (C=O) groups excluding carboxylic acids is 2. The van der Waals surface area contributed by atoms with Crippen molar-refractivity contribution in [1.29, 1.82) is 0 Å². The van der Waals surface area contributed by atoms with E-state index < -0.39 is 24.7 Å². The minimum Gasteiger partial charge on any atom is -0.431 e. The maximum Gasteiger partial charge on any atom is 0.416 e. The lowest BCUT2D eigenvalue weighted by Gasteiger charge is -2.17. The number of nitrogens with zero attached hydrogens (tertiary/aromatic N) is 4. The van der Waals surface area contributed by atoms with Gasteiger partial charge in [-0.15, -0.1) is 0 Å². The fourth-order valence-corrected chi connectivity index (χ4v) is 4.22. The molecule has 3 N–H and O–H groups in total. The normalized spacial score (nSPS) is 14.9. The van der Waals surface area contributed by atoms with Gasteiger partial charge in [-0.25, -0.2) is 9.97 Å². The van der Waals surface area contributed by atoms with Gasteiger partial charge in [0.05, 0.1) is 18.4 Å². The van der Waals surface area contributed by atoms with Crippen molar-refractivity contribution < 1.29 is 32.3 Å². The van der Waals surface area contributed by atoms with E-state index in [1.165, 1.54) is 12.4 Å². The highest BCUT2D eigenvalue weighted by atomic mass is 19.4. The largest absolute Gasteiger partial charge is 0.431 e. The summed E-state index contributed by atoms with van der Waals surface area (Å²) in [7, 11) is 0. The number of nitrogens with one attached hydrogen (secondary N) is 2. The average Bonchev–Trinajstić information content (AvgIpc) is 3.48. The highest BCUT2D eigenvalue weighted by molar-refractivity contribution is 5.92. The van der Waals surface area contributed by atoms with Gasteiger partial charge in [-0.1, -0.05) is 26.0 Å². The number of aliphatic hydroxyl groups excluding tert-OH is 1. The standard InChI is InChI=1S/C27H32F3N5O4.N/c1-4-19(5-2)33-24(37)21-12-31-26(39-21)18-8-6-7-17(11-18)20-13-35(14-22(36)27(28,29)30)23(34-20)25(38)32-15(3)16-9-10-16;/h6-8,11-13,15-16,19,22,36H,4-5,9-10,14H2,1-3H3,(H,32,38)(H,33,37);/t15-,22?;/m0./s1. The van der Waals surface area contributed by atoms with E-state index >= 15 is 0 Å². The second-order valence-electron chi connectivity index (χ2n) is 9.86. The van der Waals surface area contributed by atoms with Crippen molar-refractivity contribution in [1.82, 2.24) is 31.3 Å². The van der Waals surface area contributed by atoms with Crippen molar-refractivity contribution in [3.8, 4) is 22.7 Å². The van der Waals surface area contributed by atoms with E-state index in [0.717, 1.165) is 30.3 Å². The number of halogens is 3. The molecule has 0 spiro atoms. The summed E-state index contributed by atoms with van der Waals surface area (Å²) in [4.78, 5) is 34.0. The molecule has 1 unspecified atom stereocenters. The molecule has 1 aromatic carbocycles.